The van der Waals surface area contributed by atoms with Gasteiger partial charge in [0, 0.05) is 12.7 Å². The SMILES string of the molecule is CC(=O)NC(CSc1nncn1N)C(=O)O. The monoisotopic (exact) mass is 245 g/mol. The van der Waals surface area contributed by atoms with Crippen molar-refractivity contribution < 1.29 is 14.7 Å². The maximum atomic E-state index is 10.8. The van der Waals surface area contributed by atoms with Crippen LogP contribution in [-0.4, -0.2) is 43.7 Å². The quantitative estimate of drug-likeness (QED) is 0.434. The maximum absolute atomic E-state index is 10.8. The van der Waals surface area contributed by atoms with Crippen LogP contribution in [0.5, 0.6) is 0 Å². The van der Waals surface area contributed by atoms with Gasteiger partial charge in [-0.3, -0.25) is 4.79 Å². The van der Waals surface area contributed by atoms with Crippen LogP contribution in [0.4, 0.5) is 0 Å². The number of aromatic nitrogens is 3. The summed E-state index contributed by atoms with van der Waals surface area (Å²) < 4.78 is 1.18. The van der Waals surface area contributed by atoms with E-state index >= 15 is 0 Å². The Bertz CT molecular complexity index is 393. The molecule has 1 amide bonds. The van der Waals surface area contributed by atoms with Crippen molar-refractivity contribution in [1.82, 2.24) is 20.2 Å². The van der Waals surface area contributed by atoms with Gasteiger partial charge < -0.3 is 16.3 Å². The molecule has 4 N–H and O–H groups in total. The largest absolute Gasteiger partial charge is 0.480 e. The fraction of sp³-hybridized carbons (Fsp3) is 0.429. The molecule has 0 fully saturated rings. The van der Waals surface area contributed by atoms with Gasteiger partial charge in [-0.05, 0) is 0 Å². The molecule has 0 aliphatic carbocycles. The Kier molecular flexibility index (Phi) is 4.11. The van der Waals surface area contributed by atoms with Crippen molar-refractivity contribution in [1.29, 1.82) is 0 Å². The Morgan fingerprint density at radius 3 is 2.88 bits per heavy atom. The van der Waals surface area contributed by atoms with E-state index in [0.29, 0.717) is 5.16 Å². The van der Waals surface area contributed by atoms with Crippen LogP contribution in [0.2, 0.25) is 0 Å². The van der Waals surface area contributed by atoms with Crippen molar-refractivity contribution in [3.63, 3.8) is 0 Å². The lowest BCUT2D eigenvalue weighted by molar-refractivity contribution is -0.140. The fourth-order valence-electron chi connectivity index (χ4n) is 0.913. The first-order chi connectivity index (χ1) is 7.50. The number of nitrogens with zero attached hydrogens (tertiary/aromatic N) is 3. The first-order valence-electron chi connectivity index (χ1n) is 4.28. The third-order valence-corrected chi connectivity index (χ3v) is 2.65. The van der Waals surface area contributed by atoms with Crippen LogP contribution in [0.1, 0.15) is 6.92 Å². The highest BCUT2D eigenvalue weighted by atomic mass is 32.2. The van der Waals surface area contributed by atoms with Crippen LogP contribution in [0, 0.1) is 0 Å². The van der Waals surface area contributed by atoms with E-state index in [9.17, 15) is 9.59 Å². The van der Waals surface area contributed by atoms with Crippen molar-refractivity contribution in [3.05, 3.63) is 6.33 Å². The van der Waals surface area contributed by atoms with Gasteiger partial charge in [0.1, 0.15) is 12.4 Å². The van der Waals surface area contributed by atoms with Crippen LogP contribution in [-0.2, 0) is 9.59 Å². The summed E-state index contributed by atoms with van der Waals surface area (Å²) in [6.07, 6.45) is 1.30. The van der Waals surface area contributed by atoms with Crippen LogP contribution >= 0.6 is 11.8 Å². The number of thioether (sulfide) groups is 1. The van der Waals surface area contributed by atoms with E-state index in [4.69, 9.17) is 10.9 Å². The van der Waals surface area contributed by atoms with Gasteiger partial charge in [-0.2, -0.15) is 0 Å². The third-order valence-electron chi connectivity index (χ3n) is 1.59. The molecule has 1 aromatic heterocycles. The second-order valence-corrected chi connectivity index (χ2v) is 3.91. The third kappa shape index (κ3) is 3.42. The predicted octanol–water partition coefficient (Wildman–Crippen LogP) is -1.33. The number of carboxylic acid groups (broad SMARTS) is 1. The van der Waals surface area contributed by atoms with Crippen LogP contribution in [0.3, 0.4) is 0 Å². The first-order valence-corrected chi connectivity index (χ1v) is 5.27. The molecule has 0 aliphatic heterocycles. The van der Waals surface area contributed by atoms with Crippen molar-refractivity contribution in [2.45, 2.75) is 18.1 Å². The fourth-order valence-corrected chi connectivity index (χ4v) is 1.76. The average molecular weight is 245 g/mol. The minimum atomic E-state index is -1.11. The molecule has 1 aromatic rings. The molecule has 0 saturated carbocycles. The minimum absolute atomic E-state index is 0.130. The zero-order valence-electron chi connectivity index (χ0n) is 8.45. The molecular formula is C7H11N5O3S. The summed E-state index contributed by atoms with van der Waals surface area (Å²) in [6, 6.07) is -0.973. The van der Waals surface area contributed by atoms with Crippen LogP contribution in [0.15, 0.2) is 11.5 Å². The number of amides is 1. The molecule has 8 nitrogen and oxygen atoms in total. The normalized spacial score (nSPS) is 12.1. The Balaban J connectivity index is 2.53. The second kappa shape index (κ2) is 5.35. The number of carbonyl (C=O) groups excluding carboxylic acids is 1. The number of rotatable bonds is 5. The Morgan fingerprint density at radius 1 is 1.75 bits per heavy atom. The molecule has 0 bridgehead atoms. The van der Waals surface area contributed by atoms with Crippen molar-refractivity contribution in [2.75, 3.05) is 11.6 Å². The minimum Gasteiger partial charge on any atom is -0.480 e. The van der Waals surface area contributed by atoms with Gasteiger partial charge in [-0.25, -0.2) is 9.47 Å². The lowest BCUT2D eigenvalue weighted by Gasteiger charge is -2.11. The number of hydrogen-bond donors (Lipinski definition) is 3. The summed E-state index contributed by atoms with van der Waals surface area (Å²) in [4.78, 5) is 21.5. The predicted molar refractivity (Wildman–Crippen MR) is 56.1 cm³/mol. The summed E-state index contributed by atoms with van der Waals surface area (Å²) in [5.74, 6) is 4.06. The summed E-state index contributed by atoms with van der Waals surface area (Å²) >= 11 is 1.10. The van der Waals surface area contributed by atoms with E-state index in [1.165, 1.54) is 17.9 Å². The van der Waals surface area contributed by atoms with Gasteiger partial charge in [0.15, 0.2) is 0 Å². The summed E-state index contributed by atoms with van der Waals surface area (Å²) in [7, 11) is 0. The molecule has 1 heterocycles. The van der Waals surface area contributed by atoms with E-state index in [2.05, 4.69) is 15.5 Å². The number of aliphatic carboxylic acids is 1. The molecule has 9 heteroatoms. The highest BCUT2D eigenvalue weighted by Crippen LogP contribution is 2.13. The van der Waals surface area contributed by atoms with Gasteiger partial charge in [0.05, 0.1) is 0 Å². The van der Waals surface area contributed by atoms with Gasteiger partial charge >= 0.3 is 5.97 Å². The van der Waals surface area contributed by atoms with E-state index in [1.807, 2.05) is 0 Å². The molecule has 88 valence electrons. The topological polar surface area (TPSA) is 123 Å². The second-order valence-electron chi connectivity index (χ2n) is 2.92. The molecule has 0 aromatic carbocycles. The smallest absolute Gasteiger partial charge is 0.327 e. The zero-order valence-corrected chi connectivity index (χ0v) is 9.27. The Labute approximate surface area is 95.2 Å². The van der Waals surface area contributed by atoms with Crippen LogP contribution < -0.4 is 11.2 Å². The average Bonchev–Trinajstić information content (AvgIpc) is 2.57. The number of carboxylic acids is 1. The lowest BCUT2D eigenvalue weighted by atomic mass is 10.3. The Hall–Kier alpha value is -1.77. The maximum Gasteiger partial charge on any atom is 0.327 e. The highest BCUT2D eigenvalue weighted by Gasteiger charge is 2.19. The van der Waals surface area contributed by atoms with Gasteiger partial charge in [0.2, 0.25) is 11.1 Å². The highest BCUT2D eigenvalue weighted by molar-refractivity contribution is 7.99. The molecule has 1 atom stereocenters. The number of hydrogen-bond acceptors (Lipinski definition) is 6. The molecule has 0 saturated heterocycles. The molecule has 0 radical (unpaired) electrons. The lowest BCUT2D eigenvalue weighted by Crippen LogP contribution is -2.41. The van der Waals surface area contributed by atoms with E-state index < -0.39 is 17.9 Å². The van der Waals surface area contributed by atoms with Crippen molar-refractivity contribution in [2.24, 2.45) is 0 Å². The van der Waals surface area contributed by atoms with E-state index in [-0.39, 0.29) is 5.75 Å². The number of nitrogen functional groups attached to an aromatic ring is 1. The van der Waals surface area contributed by atoms with E-state index in [0.717, 1.165) is 11.8 Å². The first kappa shape index (κ1) is 12.3. The van der Waals surface area contributed by atoms with Gasteiger partial charge in [0.25, 0.3) is 0 Å². The van der Waals surface area contributed by atoms with Crippen molar-refractivity contribution >= 4 is 23.6 Å². The summed E-state index contributed by atoms with van der Waals surface area (Å²) in [5.41, 5.74) is 0. The summed E-state index contributed by atoms with van der Waals surface area (Å²) in [6.45, 7) is 1.26. The number of nitrogens with one attached hydrogen (secondary N) is 1. The molecule has 1 unspecified atom stereocenters. The van der Waals surface area contributed by atoms with E-state index in [1.54, 1.807) is 0 Å². The molecule has 1 rings (SSSR count). The standard InChI is InChI=1S/C7H11N5O3S/c1-4(13)10-5(6(14)15)2-16-7-11-9-3-12(7)8/h3,5H,2,8H2,1H3,(H,10,13)(H,14,15). The molecule has 0 spiro atoms. The molecular weight excluding hydrogens is 234 g/mol. The van der Waals surface area contributed by atoms with Crippen LogP contribution in [0.25, 0.3) is 0 Å². The number of nitrogens with two attached hydrogens (primary N) is 1. The van der Waals surface area contributed by atoms with Crippen molar-refractivity contribution in [3.8, 4) is 0 Å². The zero-order chi connectivity index (χ0) is 12.1. The molecule has 0 aliphatic rings. The Morgan fingerprint density at radius 2 is 2.44 bits per heavy atom. The van der Waals surface area contributed by atoms with Gasteiger partial charge in [-0.1, -0.05) is 11.8 Å². The summed E-state index contributed by atoms with van der Waals surface area (Å²) in [5, 5.41) is 18.7. The van der Waals surface area contributed by atoms with Gasteiger partial charge in [-0.15, -0.1) is 10.2 Å². The number of carbonyl (C=O) groups is 2. The molecule has 16 heavy (non-hydrogen) atoms.